The molecule has 0 rings (SSSR count). The van der Waals surface area contributed by atoms with E-state index < -0.39 is 11.9 Å². The molecule has 3 amide bonds. The van der Waals surface area contributed by atoms with E-state index in [1.54, 1.807) is 11.8 Å². The summed E-state index contributed by atoms with van der Waals surface area (Å²) >= 11 is 1.70. The van der Waals surface area contributed by atoms with Gasteiger partial charge in [0.2, 0.25) is 5.91 Å². The lowest BCUT2D eigenvalue weighted by Gasteiger charge is -2.03. The topological polar surface area (TPSA) is 104 Å². The van der Waals surface area contributed by atoms with Gasteiger partial charge in [0.25, 0.3) is 0 Å². The van der Waals surface area contributed by atoms with Gasteiger partial charge in [-0.15, -0.1) is 0 Å². The minimum absolute atomic E-state index is 0.0868. The molecule has 15 heavy (non-hydrogen) atoms. The molecule has 0 heterocycles. The molecule has 0 bridgehead atoms. The van der Waals surface area contributed by atoms with Gasteiger partial charge in [0.15, 0.2) is 0 Å². The highest BCUT2D eigenvalue weighted by atomic mass is 32.2. The molecular weight excluding hydrogens is 218 g/mol. The van der Waals surface area contributed by atoms with Gasteiger partial charge in [-0.05, 0) is 12.2 Å². The summed E-state index contributed by atoms with van der Waals surface area (Å²) in [6.45, 7) is 0.979. The van der Waals surface area contributed by atoms with Crippen molar-refractivity contribution >= 4 is 23.7 Å². The summed E-state index contributed by atoms with van der Waals surface area (Å²) in [5.41, 5.74) is 4.75. The summed E-state index contributed by atoms with van der Waals surface area (Å²) in [6, 6.07) is -0.834. The zero-order valence-electron chi connectivity index (χ0n) is 8.49. The van der Waals surface area contributed by atoms with Crippen molar-refractivity contribution in [3.05, 3.63) is 0 Å². The van der Waals surface area contributed by atoms with Crippen LogP contribution in [-0.4, -0.2) is 48.2 Å². The third kappa shape index (κ3) is 11.1. The number of thioether (sulfide) groups is 1. The number of hydrogen-bond acceptors (Lipinski definition) is 5. The second-order valence-corrected chi connectivity index (χ2v) is 4.00. The molecule has 0 aliphatic heterocycles. The summed E-state index contributed by atoms with van der Waals surface area (Å²) in [5, 5.41) is 13.3. The van der Waals surface area contributed by atoms with E-state index in [-0.39, 0.29) is 13.2 Å². The quantitative estimate of drug-likeness (QED) is 0.399. The molecule has 0 fully saturated rings. The number of nitrogens with two attached hydrogens (primary N) is 1. The van der Waals surface area contributed by atoms with Crippen molar-refractivity contribution in [2.75, 3.05) is 31.2 Å². The van der Waals surface area contributed by atoms with Crippen LogP contribution in [0.5, 0.6) is 0 Å². The smallest absolute Gasteiger partial charge is 0.318 e. The third-order valence-corrected chi connectivity index (χ3v) is 2.49. The highest BCUT2D eigenvalue weighted by molar-refractivity contribution is 7.99. The van der Waals surface area contributed by atoms with Crippen LogP contribution >= 0.6 is 11.8 Å². The van der Waals surface area contributed by atoms with Crippen molar-refractivity contribution in [2.45, 2.75) is 6.42 Å². The molecular formula is C8H17N3O3S. The van der Waals surface area contributed by atoms with Gasteiger partial charge in [-0.25, -0.2) is 4.79 Å². The Morgan fingerprint density at radius 1 is 1.33 bits per heavy atom. The number of hydrogen-bond donors (Lipinski definition) is 4. The Kier molecular flexibility index (Phi) is 9.24. The number of urea groups is 1. The first-order valence-corrected chi connectivity index (χ1v) is 5.81. The van der Waals surface area contributed by atoms with E-state index in [9.17, 15) is 9.59 Å². The molecule has 7 heteroatoms. The van der Waals surface area contributed by atoms with E-state index in [0.717, 1.165) is 17.9 Å². The summed E-state index contributed by atoms with van der Waals surface area (Å²) in [4.78, 5) is 21.1. The standard InChI is InChI=1S/C8H17N3O3S/c9-8(14)11-7(13)6-10-2-5-15-4-1-3-12/h10,12H,1-6H2,(H3,9,11,13,14). The molecule has 0 aromatic heterocycles. The molecule has 0 aromatic carbocycles. The minimum atomic E-state index is -0.834. The van der Waals surface area contributed by atoms with Crippen molar-refractivity contribution in [1.82, 2.24) is 10.6 Å². The summed E-state index contributed by atoms with van der Waals surface area (Å²) < 4.78 is 0. The highest BCUT2D eigenvalue weighted by Crippen LogP contribution is 1.99. The first kappa shape index (κ1) is 14.2. The Morgan fingerprint density at radius 3 is 2.67 bits per heavy atom. The minimum Gasteiger partial charge on any atom is -0.396 e. The number of aliphatic hydroxyl groups excluding tert-OH is 1. The second kappa shape index (κ2) is 9.75. The number of nitrogens with one attached hydrogen (secondary N) is 2. The predicted octanol–water partition coefficient (Wildman–Crippen LogP) is -1.11. The lowest BCUT2D eigenvalue weighted by Crippen LogP contribution is -2.41. The number of amides is 3. The Bertz CT molecular complexity index is 202. The van der Waals surface area contributed by atoms with E-state index >= 15 is 0 Å². The van der Waals surface area contributed by atoms with E-state index in [1.807, 2.05) is 5.32 Å². The monoisotopic (exact) mass is 235 g/mol. The van der Waals surface area contributed by atoms with Gasteiger partial charge >= 0.3 is 6.03 Å². The molecule has 88 valence electrons. The van der Waals surface area contributed by atoms with Crippen molar-refractivity contribution < 1.29 is 14.7 Å². The first-order valence-electron chi connectivity index (χ1n) is 4.65. The molecule has 0 spiro atoms. The molecule has 0 aliphatic carbocycles. The lowest BCUT2D eigenvalue weighted by atomic mass is 10.5. The Hall–Kier alpha value is -0.790. The largest absolute Gasteiger partial charge is 0.396 e. The van der Waals surface area contributed by atoms with Crippen LogP contribution in [0.1, 0.15) is 6.42 Å². The molecule has 0 saturated carbocycles. The summed E-state index contributed by atoms with van der Waals surface area (Å²) in [6.07, 6.45) is 0.785. The van der Waals surface area contributed by atoms with Crippen LogP contribution in [0.2, 0.25) is 0 Å². The summed E-state index contributed by atoms with van der Waals surface area (Å²) in [7, 11) is 0. The normalized spacial score (nSPS) is 9.93. The SMILES string of the molecule is NC(=O)NC(=O)CNCCSCCCO. The Morgan fingerprint density at radius 2 is 2.07 bits per heavy atom. The van der Waals surface area contributed by atoms with Gasteiger partial charge < -0.3 is 16.2 Å². The maximum absolute atomic E-state index is 10.9. The van der Waals surface area contributed by atoms with E-state index in [1.165, 1.54) is 0 Å². The van der Waals surface area contributed by atoms with Crippen LogP contribution < -0.4 is 16.4 Å². The molecule has 0 saturated heterocycles. The predicted molar refractivity (Wildman–Crippen MR) is 59.6 cm³/mol. The van der Waals surface area contributed by atoms with Crippen molar-refractivity contribution in [3.8, 4) is 0 Å². The van der Waals surface area contributed by atoms with Crippen molar-refractivity contribution in [1.29, 1.82) is 0 Å². The van der Waals surface area contributed by atoms with E-state index in [4.69, 9.17) is 10.8 Å². The fourth-order valence-electron chi connectivity index (χ4n) is 0.797. The molecule has 6 nitrogen and oxygen atoms in total. The fraction of sp³-hybridized carbons (Fsp3) is 0.750. The van der Waals surface area contributed by atoms with Crippen LogP contribution in [0.15, 0.2) is 0 Å². The average molecular weight is 235 g/mol. The van der Waals surface area contributed by atoms with Crippen LogP contribution in [0.4, 0.5) is 4.79 Å². The zero-order valence-corrected chi connectivity index (χ0v) is 9.31. The summed E-state index contributed by atoms with van der Waals surface area (Å²) in [5.74, 6) is 1.35. The Balaban J connectivity index is 3.16. The van der Waals surface area contributed by atoms with E-state index in [2.05, 4.69) is 5.32 Å². The van der Waals surface area contributed by atoms with Gasteiger partial charge in [-0.2, -0.15) is 11.8 Å². The maximum atomic E-state index is 10.9. The van der Waals surface area contributed by atoms with Gasteiger partial charge in [-0.1, -0.05) is 0 Å². The lowest BCUT2D eigenvalue weighted by molar-refractivity contribution is -0.119. The number of carbonyl (C=O) groups is 2. The van der Waals surface area contributed by atoms with Gasteiger partial charge in [0, 0.05) is 18.9 Å². The number of primary amides is 1. The van der Waals surface area contributed by atoms with Crippen LogP contribution in [0, 0.1) is 0 Å². The van der Waals surface area contributed by atoms with Crippen molar-refractivity contribution in [3.63, 3.8) is 0 Å². The average Bonchev–Trinajstić information content (AvgIpc) is 2.15. The van der Waals surface area contributed by atoms with Gasteiger partial charge in [0.1, 0.15) is 0 Å². The molecule has 5 N–H and O–H groups in total. The number of aliphatic hydroxyl groups is 1. The highest BCUT2D eigenvalue weighted by Gasteiger charge is 2.01. The van der Waals surface area contributed by atoms with Gasteiger partial charge in [0.05, 0.1) is 6.54 Å². The van der Waals surface area contributed by atoms with Crippen LogP contribution in [0.3, 0.4) is 0 Å². The molecule has 0 aliphatic rings. The van der Waals surface area contributed by atoms with Crippen LogP contribution in [0.25, 0.3) is 0 Å². The fourth-order valence-corrected chi connectivity index (χ4v) is 1.62. The number of rotatable bonds is 8. The van der Waals surface area contributed by atoms with Gasteiger partial charge in [-0.3, -0.25) is 10.1 Å². The molecule has 0 unspecified atom stereocenters. The molecule has 0 radical (unpaired) electrons. The molecule has 0 atom stereocenters. The molecule has 0 aromatic rings. The van der Waals surface area contributed by atoms with Crippen molar-refractivity contribution in [2.24, 2.45) is 5.73 Å². The van der Waals surface area contributed by atoms with Crippen LogP contribution in [-0.2, 0) is 4.79 Å². The first-order chi connectivity index (χ1) is 7.16. The number of carbonyl (C=O) groups excluding carboxylic acids is 2. The maximum Gasteiger partial charge on any atom is 0.318 e. The number of imide groups is 1. The van der Waals surface area contributed by atoms with E-state index in [0.29, 0.717) is 6.54 Å². The zero-order chi connectivity index (χ0) is 11.5. The second-order valence-electron chi connectivity index (χ2n) is 2.78. The third-order valence-electron chi connectivity index (χ3n) is 1.42. The Labute approximate surface area is 93.0 Å².